The first-order chi connectivity index (χ1) is 9.06. The van der Waals surface area contributed by atoms with Crippen molar-refractivity contribution in [3.8, 4) is 0 Å². The predicted molar refractivity (Wildman–Crippen MR) is 84.1 cm³/mol. The number of carbonyl (C=O) groups excluding carboxylic acids is 1. The third-order valence-electron chi connectivity index (χ3n) is 2.52. The first-order valence-corrected chi connectivity index (χ1v) is 6.98. The van der Waals surface area contributed by atoms with Gasteiger partial charge in [-0.2, -0.15) is 0 Å². The van der Waals surface area contributed by atoms with Gasteiger partial charge in [0.15, 0.2) is 0 Å². The van der Waals surface area contributed by atoms with Crippen molar-refractivity contribution in [1.82, 2.24) is 0 Å². The molecule has 2 N–H and O–H groups in total. The van der Waals surface area contributed by atoms with E-state index in [4.69, 9.17) is 22.1 Å². The lowest BCUT2D eigenvalue weighted by molar-refractivity contribution is 0.0474. The van der Waals surface area contributed by atoms with E-state index in [-0.39, 0.29) is 6.61 Å². The number of anilines is 1. The number of nitrogens with two attached hydrogens (primary N) is 1. The second-order valence-corrected chi connectivity index (χ2v) is 5.62. The van der Waals surface area contributed by atoms with E-state index in [1.165, 1.54) is 6.07 Å². The summed E-state index contributed by atoms with van der Waals surface area (Å²) in [5, 5.41) is 0.492. The number of benzene rings is 2. The van der Waals surface area contributed by atoms with Crippen molar-refractivity contribution in [3.63, 3.8) is 0 Å². The fourth-order valence-electron chi connectivity index (χ4n) is 1.53. The van der Waals surface area contributed by atoms with E-state index in [0.29, 0.717) is 16.3 Å². The summed E-state index contributed by atoms with van der Waals surface area (Å²) in [5.74, 6) is -0.451. The van der Waals surface area contributed by atoms with E-state index in [1.807, 2.05) is 24.3 Å². The molecule has 2 aromatic carbocycles. The summed E-state index contributed by atoms with van der Waals surface area (Å²) in [6.07, 6.45) is 0. The van der Waals surface area contributed by atoms with E-state index >= 15 is 0 Å². The maximum Gasteiger partial charge on any atom is 0.340 e. The molecule has 19 heavy (non-hydrogen) atoms. The number of hydrogen-bond acceptors (Lipinski definition) is 3. The number of rotatable bonds is 3. The molecule has 2 rings (SSSR count). The minimum atomic E-state index is -0.451. The highest BCUT2D eigenvalue weighted by atomic mass is 127. The van der Waals surface area contributed by atoms with E-state index in [2.05, 4.69) is 22.6 Å². The Labute approximate surface area is 129 Å². The Hall–Kier alpha value is -1.27. The van der Waals surface area contributed by atoms with Crippen molar-refractivity contribution in [2.24, 2.45) is 0 Å². The molecular formula is C14H11ClINO2. The van der Waals surface area contributed by atoms with Crippen LogP contribution in [0.15, 0.2) is 42.5 Å². The summed E-state index contributed by atoms with van der Waals surface area (Å²) < 4.78 is 6.34. The molecule has 0 spiro atoms. The molecule has 0 atom stereocenters. The van der Waals surface area contributed by atoms with Crippen molar-refractivity contribution < 1.29 is 9.53 Å². The lowest BCUT2D eigenvalue weighted by Crippen LogP contribution is -2.08. The standard InChI is InChI=1S/C14H11ClINO2/c15-10-3-6-12(13(17)7-10)14(18)19-8-9-1-4-11(16)5-2-9/h1-7H,8,17H2. The zero-order valence-electron chi connectivity index (χ0n) is 9.90. The SMILES string of the molecule is Nc1cc(Cl)ccc1C(=O)OCc1ccc(I)cc1. The van der Waals surface area contributed by atoms with Gasteiger partial charge in [-0.25, -0.2) is 4.79 Å². The van der Waals surface area contributed by atoms with Gasteiger partial charge in [0.05, 0.1) is 5.56 Å². The normalized spacial score (nSPS) is 10.2. The lowest BCUT2D eigenvalue weighted by atomic mass is 10.2. The second kappa shape index (κ2) is 6.25. The van der Waals surface area contributed by atoms with Gasteiger partial charge in [-0.15, -0.1) is 0 Å². The molecule has 0 unspecified atom stereocenters. The van der Waals surface area contributed by atoms with Crippen LogP contribution in [0, 0.1) is 3.57 Å². The smallest absolute Gasteiger partial charge is 0.340 e. The monoisotopic (exact) mass is 387 g/mol. The van der Waals surface area contributed by atoms with E-state index in [9.17, 15) is 4.79 Å². The molecule has 0 fully saturated rings. The van der Waals surface area contributed by atoms with Crippen LogP contribution >= 0.6 is 34.2 Å². The van der Waals surface area contributed by atoms with Crippen molar-refractivity contribution in [2.75, 3.05) is 5.73 Å². The van der Waals surface area contributed by atoms with Crippen molar-refractivity contribution in [1.29, 1.82) is 0 Å². The molecule has 0 bridgehead atoms. The van der Waals surface area contributed by atoms with Gasteiger partial charge < -0.3 is 10.5 Å². The zero-order chi connectivity index (χ0) is 13.8. The maximum atomic E-state index is 11.9. The molecule has 98 valence electrons. The Bertz CT molecular complexity index is 599. The van der Waals surface area contributed by atoms with Gasteiger partial charge >= 0.3 is 5.97 Å². The molecule has 0 aliphatic heterocycles. The highest BCUT2D eigenvalue weighted by molar-refractivity contribution is 14.1. The molecule has 0 aromatic heterocycles. The van der Waals surface area contributed by atoms with Gasteiger partial charge in [0.1, 0.15) is 6.61 Å². The molecule has 0 aliphatic carbocycles. The topological polar surface area (TPSA) is 52.3 Å². The molecule has 0 saturated heterocycles. The summed E-state index contributed by atoms with van der Waals surface area (Å²) in [7, 11) is 0. The molecule has 2 aromatic rings. The Morgan fingerprint density at radius 2 is 1.89 bits per heavy atom. The molecule has 3 nitrogen and oxygen atoms in total. The third-order valence-corrected chi connectivity index (χ3v) is 3.47. The van der Waals surface area contributed by atoms with Crippen LogP contribution in [-0.4, -0.2) is 5.97 Å². The summed E-state index contributed by atoms with van der Waals surface area (Å²) in [4.78, 5) is 11.9. The number of esters is 1. The quantitative estimate of drug-likeness (QED) is 0.494. The average molecular weight is 388 g/mol. The van der Waals surface area contributed by atoms with Crippen LogP contribution in [0.2, 0.25) is 5.02 Å². The molecule has 0 aliphatic rings. The largest absolute Gasteiger partial charge is 0.457 e. The van der Waals surface area contributed by atoms with Crippen LogP contribution in [0.3, 0.4) is 0 Å². The third kappa shape index (κ3) is 3.84. The summed E-state index contributed by atoms with van der Waals surface area (Å²) >= 11 is 7.99. The molecule has 0 amide bonds. The lowest BCUT2D eigenvalue weighted by Gasteiger charge is -2.07. The first-order valence-electron chi connectivity index (χ1n) is 5.53. The molecule has 0 saturated carbocycles. The summed E-state index contributed by atoms with van der Waals surface area (Å²) in [6.45, 7) is 0.220. The van der Waals surface area contributed by atoms with Crippen molar-refractivity contribution in [3.05, 3.63) is 62.2 Å². The van der Waals surface area contributed by atoms with Crippen LogP contribution in [0.4, 0.5) is 5.69 Å². The van der Waals surface area contributed by atoms with Gasteiger partial charge in [-0.1, -0.05) is 23.7 Å². The van der Waals surface area contributed by atoms with Crippen LogP contribution in [0.25, 0.3) is 0 Å². The number of hydrogen-bond donors (Lipinski definition) is 1. The van der Waals surface area contributed by atoms with Gasteiger partial charge in [0.2, 0.25) is 0 Å². The van der Waals surface area contributed by atoms with Crippen molar-refractivity contribution >= 4 is 45.8 Å². The molecule has 0 heterocycles. The fourth-order valence-corrected chi connectivity index (χ4v) is 2.07. The summed E-state index contributed by atoms with van der Waals surface area (Å²) in [5.41, 5.74) is 7.30. The highest BCUT2D eigenvalue weighted by Gasteiger charge is 2.11. The van der Waals surface area contributed by atoms with E-state index in [0.717, 1.165) is 9.13 Å². The second-order valence-electron chi connectivity index (χ2n) is 3.93. The van der Waals surface area contributed by atoms with E-state index in [1.54, 1.807) is 12.1 Å². The minimum absolute atomic E-state index is 0.220. The first kappa shape index (κ1) is 14.1. The average Bonchev–Trinajstić information content (AvgIpc) is 2.37. The van der Waals surface area contributed by atoms with Crippen LogP contribution in [-0.2, 0) is 11.3 Å². The molecule has 5 heteroatoms. The minimum Gasteiger partial charge on any atom is -0.457 e. The van der Waals surface area contributed by atoms with E-state index < -0.39 is 5.97 Å². The van der Waals surface area contributed by atoms with Crippen LogP contribution in [0.5, 0.6) is 0 Å². The van der Waals surface area contributed by atoms with Crippen LogP contribution in [0.1, 0.15) is 15.9 Å². The maximum absolute atomic E-state index is 11.9. The van der Waals surface area contributed by atoms with Gasteiger partial charge in [0, 0.05) is 14.3 Å². The molecular weight excluding hydrogens is 377 g/mol. The van der Waals surface area contributed by atoms with Crippen molar-refractivity contribution in [2.45, 2.75) is 6.61 Å². The van der Waals surface area contributed by atoms with Gasteiger partial charge in [0.25, 0.3) is 0 Å². The number of ether oxygens (including phenoxy) is 1. The predicted octanol–water partition coefficient (Wildman–Crippen LogP) is 3.88. The zero-order valence-corrected chi connectivity index (χ0v) is 12.8. The Kier molecular flexibility index (Phi) is 4.66. The van der Waals surface area contributed by atoms with Gasteiger partial charge in [-0.3, -0.25) is 0 Å². The number of carbonyl (C=O) groups is 1. The van der Waals surface area contributed by atoms with Gasteiger partial charge in [-0.05, 0) is 58.5 Å². The Morgan fingerprint density at radius 1 is 1.21 bits per heavy atom. The fraction of sp³-hybridized carbons (Fsp3) is 0.0714. The van der Waals surface area contributed by atoms with Crippen LogP contribution < -0.4 is 5.73 Å². The number of nitrogen functional groups attached to an aromatic ring is 1. The number of halogens is 2. The Balaban J connectivity index is 2.03. The summed E-state index contributed by atoms with van der Waals surface area (Å²) in [6, 6.07) is 12.5. The Morgan fingerprint density at radius 3 is 2.53 bits per heavy atom. The molecule has 0 radical (unpaired) electrons. The highest BCUT2D eigenvalue weighted by Crippen LogP contribution is 2.19.